The zero-order valence-corrected chi connectivity index (χ0v) is 9.33. The first kappa shape index (κ1) is 12.1. The van der Waals surface area contributed by atoms with Gasteiger partial charge in [-0.1, -0.05) is 6.92 Å². The van der Waals surface area contributed by atoms with Crippen molar-refractivity contribution in [1.29, 1.82) is 0 Å². The third kappa shape index (κ3) is 3.94. The Morgan fingerprint density at radius 2 is 2.47 bits per heavy atom. The third-order valence-corrected chi connectivity index (χ3v) is 3.01. The lowest BCUT2D eigenvalue weighted by Crippen LogP contribution is -2.41. The van der Waals surface area contributed by atoms with Gasteiger partial charge in [0.05, 0.1) is 5.01 Å². The Morgan fingerprint density at radius 3 is 3.00 bits per heavy atom. The van der Waals surface area contributed by atoms with E-state index in [4.69, 9.17) is 10.8 Å². The summed E-state index contributed by atoms with van der Waals surface area (Å²) >= 11 is 1.60. The number of carboxylic acids is 1. The van der Waals surface area contributed by atoms with Crippen molar-refractivity contribution in [1.82, 2.24) is 10.3 Å². The van der Waals surface area contributed by atoms with Gasteiger partial charge < -0.3 is 16.2 Å². The summed E-state index contributed by atoms with van der Waals surface area (Å²) < 4.78 is 0. The van der Waals surface area contributed by atoms with Crippen LogP contribution in [0.3, 0.4) is 0 Å². The van der Waals surface area contributed by atoms with Crippen molar-refractivity contribution >= 4 is 17.3 Å². The molecule has 0 aliphatic heterocycles. The number of hydrogen-bond donors (Lipinski definition) is 3. The summed E-state index contributed by atoms with van der Waals surface area (Å²) in [7, 11) is 0. The quantitative estimate of drug-likeness (QED) is 0.650. The highest BCUT2D eigenvalue weighted by atomic mass is 32.1. The van der Waals surface area contributed by atoms with E-state index in [1.807, 2.05) is 12.3 Å². The minimum atomic E-state index is -0.982. The third-order valence-electron chi connectivity index (χ3n) is 2.00. The van der Waals surface area contributed by atoms with Crippen LogP contribution in [0.1, 0.15) is 17.8 Å². The summed E-state index contributed by atoms with van der Waals surface area (Å²) in [6.07, 6.45) is 1.76. The molecule has 0 bridgehead atoms. The van der Waals surface area contributed by atoms with Gasteiger partial charge in [-0.2, -0.15) is 0 Å². The van der Waals surface area contributed by atoms with Gasteiger partial charge in [-0.25, -0.2) is 4.98 Å². The number of aromatic nitrogens is 1. The van der Waals surface area contributed by atoms with Gasteiger partial charge in [-0.3, -0.25) is 4.79 Å². The number of carbonyl (C=O) groups is 1. The Labute approximate surface area is 92.3 Å². The summed E-state index contributed by atoms with van der Waals surface area (Å²) in [6.45, 7) is 3.01. The maximum absolute atomic E-state index is 10.4. The number of aliphatic carboxylic acids is 1. The Kier molecular flexibility index (Phi) is 4.67. The first-order chi connectivity index (χ1) is 7.11. The molecule has 0 saturated heterocycles. The highest BCUT2D eigenvalue weighted by Crippen LogP contribution is 2.15. The van der Waals surface area contributed by atoms with Crippen LogP contribution in [0.5, 0.6) is 0 Å². The lowest BCUT2D eigenvalue weighted by Gasteiger charge is -2.11. The van der Waals surface area contributed by atoms with Crippen molar-refractivity contribution in [3.05, 3.63) is 16.6 Å². The van der Waals surface area contributed by atoms with Crippen molar-refractivity contribution in [2.75, 3.05) is 13.1 Å². The predicted octanol–water partition coefficient (Wildman–Crippen LogP) is 0.248. The lowest BCUT2D eigenvalue weighted by molar-refractivity contribution is -0.138. The van der Waals surface area contributed by atoms with Gasteiger partial charge >= 0.3 is 5.97 Å². The molecular weight excluding hydrogens is 214 g/mol. The summed E-state index contributed by atoms with van der Waals surface area (Å²) in [4.78, 5) is 14.6. The molecule has 0 radical (unpaired) electrons. The zero-order valence-electron chi connectivity index (χ0n) is 8.51. The van der Waals surface area contributed by atoms with E-state index >= 15 is 0 Å². The molecule has 1 heterocycles. The second-order valence-electron chi connectivity index (χ2n) is 3.37. The van der Waals surface area contributed by atoms with E-state index in [2.05, 4.69) is 10.3 Å². The second kappa shape index (κ2) is 5.79. The zero-order chi connectivity index (χ0) is 11.3. The Bertz CT molecular complexity index is 302. The molecule has 6 heteroatoms. The lowest BCUT2D eigenvalue weighted by atomic mass is 10.2. The highest BCUT2D eigenvalue weighted by molar-refractivity contribution is 7.09. The monoisotopic (exact) mass is 229 g/mol. The number of hydrogen-bond acceptors (Lipinski definition) is 5. The number of nitrogens with two attached hydrogens (primary N) is 1. The number of nitrogens with zero attached hydrogens (tertiary/aromatic N) is 1. The van der Waals surface area contributed by atoms with Crippen molar-refractivity contribution < 1.29 is 9.90 Å². The first-order valence-corrected chi connectivity index (χ1v) is 5.57. The van der Waals surface area contributed by atoms with Crippen molar-refractivity contribution in [2.24, 2.45) is 5.73 Å². The molecule has 4 N–H and O–H groups in total. The maximum Gasteiger partial charge on any atom is 0.321 e. The first-order valence-electron chi connectivity index (χ1n) is 4.69. The molecule has 0 aliphatic rings. The van der Waals surface area contributed by atoms with Gasteiger partial charge in [0.15, 0.2) is 0 Å². The topological polar surface area (TPSA) is 88.2 Å². The van der Waals surface area contributed by atoms with E-state index < -0.39 is 12.0 Å². The second-order valence-corrected chi connectivity index (χ2v) is 4.30. The number of carboxylic acid groups (broad SMARTS) is 1. The Morgan fingerprint density at radius 1 is 1.73 bits per heavy atom. The molecular formula is C9H15N3O2S. The van der Waals surface area contributed by atoms with Gasteiger partial charge in [0.1, 0.15) is 6.04 Å². The molecule has 2 unspecified atom stereocenters. The molecule has 1 aromatic heterocycles. The van der Waals surface area contributed by atoms with Crippen molar-refractivity contribution in [3.8, 4) is 0 Å². The average molecular weight is 229 g/mol. The average Bonchev–Trinajstić information content (AvgIpc) is 2.70. The summed E-state index contributed by atoms with van der Waals surface area (Å²) in [6, 6.07) is -0.839. The molecule has 0 aliphatic carbocycles. The van der Waals surface area contributed by atoms with Gasteiger partial charge in [-0.05, 0) is 0 Å². The van der Waals surface area contributed by atoms with E-state index in [0.717, 1.165) is 5.01 Å². The SMILES string of the molecule is CC(CNCC(N)C(=O)O)c1nccs1. The fraction of sp³-hybridized carbons (Fsp3) is 0.556. The minimum absolute atomic E-state index is 0.283. The summed E-state index contributed by atoms with van der Waals surface area (Å²) in [5, 5.41) is 14.5. The minimum Gasteiger partial charge on any atom is -0.480 e. The van der Waals surface area contributed by atoms with Gasteiger partial charge in [0, 0.05) is 30.6 Å². The number of rotatable bonds is 6. The fourth-order valence-corrected chi connectivity index (χ4v) is 1.81. The molecule has 0 amide bonds. The molecule has 0 fully saturated rings. The fourth-order valence-electron chi connectivity index (χ4n) is 1.11. The van der Waals surface area contributed by atoms with E-state index in [0.29, 0.717) is 6.54 Å². The van der Waals surface area contributed by atoms with Crippen LogP contribution in [-0.2, 0) is 4.79 Å². The molecule has 1 aromatic rings. The van der Waals surface area contributed by atoms with E-state index in [9.17, 15) is 4.79 Å². The van der Waals surface area contributed by atoms with Gasteiger partial charge in [0.2, 0.25) is 0 Å². The molecule has 2 atom stereocenters. The van der Waals surface area contributed by atoms with Crippen LogP contribution in [0.4, 0.5) is 0 Å². The molecule has 84 valence electrons. The normalized spacial score (nSPS) is 14.8. The molecule has 0 saturated carbocycles. The molecule has 1 rings (SSSR count). The molecule has 0 spiro atoms. The van der Waals surface area contributed by atoms with Crippen LogP contribution >= 0.6 is 11.3 Å². The van der Waals surface area contributed by atoms with Crippen LogP contribution in [-0.4, -0.2) is 35.2 Å². The predicted molar refractivity (Wildman–Crippen MR) is 59.0 cm³/mol. The maximum atomic E-state index is 10.4. The summed E-state index contributed by atoms with van der Waals surface area (Å²) in [5.41, 5.74) is 5.35. The number of thiazole rings is 1. The van der Waals surface area contributed by atoms with Crippen molar-refractivity contribution in [2.45, 2.75) is 18.9 Å². The van der Waals surface area contributed by atoms with Crippen LogP contribution in [0.2, 0.25) is 0 Å². The van der Waals surface area contributed by atoms with E-state index in [1.165, 1.54) is 0 Å². The highest BCUT2D eigenvalue weighted by Gasteiger charge is 2.12. The largest absolute Gasteiger partial charge is 0.480 e. The van der Waals surface area contributed by atoms with E-state index in [-0.39, 0.29) is 12.5 Å². The smallest absolute Gasteiger partial charge is 0.321 e. The van der Waals surface area contributed by atoms with Crippen molar-refractivity contribution in [3.63, 3.8) is 0 Å². The van der Waals surface area contributed by atoms with Crippen LogP contribution in [0.15, 0.2) is 11.6 Å². The summed E-state index contributed by atoms with van der Waals surface area (Å²) in [5.74, 6) is -0.699. The van der Waals surface area contributed by atoms with Crippen LogP contribution < -0.4 is 11.1 Å². The Hall–Kier alpha value is -0.980. The number of nitrogens with one attached hydrogen (secondary N) is 1. The van der Waals surface area contributed by atoms with Gasteiger partial charge in [0.25, 0.3) is 0 Å². The molecule has 0 aromatic carbocycles. The van der Waals surface area contributed by atoms with E-state index in [1.54, 1.807) is 17.5 Å². The Balaban J connectivity index is 2.23. The molecule has 5 nitrogen and oxygen atoms in total. The molecule has 15 heavy (non-hydrogen) atoms. The van der Waals surface area contributed by atoms with Gasteiger partial charge in [-0.15, -0.1) is 11.3 Å². The van der Waals surface area contributed by atoms with Crippen LogP contribution in [0, 0.1) is 0 Å². The van der Waals surface area contributed by atoms with Crippen LogP contribution in [0.25, 0.3) is 0 Å². The standard InChI is InChI=1S/C9H15N3O2S/c1-6(8-12-2-3-15-8)4-11-5-7(10)9(13)14/h2-3,6-7,11H,4-5,10H2,1H3,(H,13,14).